The van der Waals surface area contributed by atoms with Crippen molar-refractivity contribution in [3.63, 3.8) is 0 Å². The van der Waals surface area contributed by atoms with Crippen molar-refractivity contribution < 1.29 is 14.3 Å². The van der Waals surface area contributed by atoms with E-state index < -0.39 is 0 Å². The summed E-state index contributed by atoms with van der Waals surface area (Å²) in [5.74, 6) is 0.443. The highest BCUT2D eigenvalue weighted by Crippen LogP contribution is 2.31. The van der Waals surface area contributed by atoms with E-state index in [4.69, 9.17) is 4.74 Å². The van der Waals surface area contributed by atoms with Gasteiger partial charge in [0.2, 0.25) is 11.8 Å². The summed E-state index contributed by atoms with van der Waals surface area (Å²) in [5, 5.41) is 2.90. The predicted molar refractivity (Wildman–Crippen MR) is 101 cm³/mol. The highest BCUT2D eigenvalue weighted by atomic mass is 32.2. The number of aromatic nitrogens is 1. The molecule has 2 aromatic rings. The minimum Gasteiger partial charge on any atom is -0.378 e. The van der Waals surface area contributed by atoms with Crippen LogP contribution >= 0.6 is 23.1 Å². The van der Waals surface area contributed by atoms with Gasteiger partial charge >= 0.3 is 0 Å². The first-order chi connectivity index (χ1) is 12.0. The summed E-state index contributed by atoms with van der Waals surface area (Å²) >= 11 is 3.00. The van der Waals surface area contributed by atoms with Crippen molar-refractivity contribution in [1.82, 2.24) is 9.88 Å². The largest absolute Gasteiger partial charge is 0.378 e. The molecule has 1 N–H and O–H groups in total. The fourth-order valence-corrected chi connectivity index (χ4v) is 4.37. The molecular formula is C17H21N3O3S2. The molecule has 0 saturated carbocycles. The SMILES string of the molecule is CC(C)C(=O)Nc1ccc2nc(SCC(=O)N3CCOCC3)sc2c1. The molecule has 8 heteroatoms. The van der Waals surface area contributed by atoms with Crippen LogP contribution in [-0.2, 0) is 14.3 Å². The van der Waals surface area contributed by atoms with E-state index in [9.17, 15) is 9.59 Å². The van der Waals surface area contributed by atoms with Gasteiger partial charge in [-0.05, 0) is 18.2 Å². The van der Waals surface area contributed by atoms with Gasteiger partial charge in [-0.3, -0.25) is 9.59 Å². The quantitative estimate of drug-likeness (QED) is 0.809. The molecule has 3 rings (SSSR count). The molecular weight excluding hydrogens is 358 g/mol. The van der Waals surface area contributed by atoms with Crippen LogP contribution in [-0.4, -0.2) is 53.8 Å². The number of amides is 2. The number of thiazole rings is 1. The summed E-state index contributed by atoms with van der Waals surface area (Å²) in [5.41, 5.74) is 1.66. The Labute approximate surface area is 154 Å². The first-order valence-corrected chi connectivity index (χ1v) is 10.0. The third-order valence-electron chi connectivity index (χ3n) is 3.84. The highest BCUT2D eigenvalue weighted by Gasteiger charge is 2.17. The Morgan fingerprint density at radius 3 is 2.84 bits per heavy atom. The maximum Gasteiger partial charge on any atom is 0.233 e. The van der Waals surface area contributed by atoms with Gasteiger partial charge in [0.25, 0.3) is 0 Å². The van der Waals surface area contributed by atoms with E-state index in [1.165, 1.54) is 11.8 Å². The molecule has 0 aliphatic carbocycles. The second-order valence-electron chi connectivity index (χ2n) is 6.09. The number of benzene rings is 1. The molecule has 0 unspecified atom stereocenters. The maximum absolute atomic E-state index is 12.2. The molecule has 2 amide bonds. The van der Waals surface area contributed by atoms with Gasteiger partial charge < -0.3 is 15.0 Å². The van der Waals surface area contributed by atoms with E-state index in [0.717, 1.165) is 20.2 Å². The van der Waals surface area contributed by atoms with Gasteiger partial charge in [-0.25, -0.2) is 4.98 Å². The van der Waals surface area contributed by atoms with Crippen molar-refractivity contribution >= 4 is 50.8 Å². The summed E-state index contributed by atoms with van der Waals surface area (Å²) < 4.78 is 7.13. The smallest absolute Gasteiger partial charge is 0.233 e. The molecule has 134 valence electrons. The normalized spacial score (nSPS) is 14.9. The van der Waals surface area contributed by atoms with Crippen LogP contribution in [0.15, 0.2) is 22.5 Å². The number of carbonyl (C=O) groups is 2. The van der Waals surface area contributed by atoms with Crippen LogP contribution in [0.2, 0.25) is 0 Å². The van der Waals surface area contributed by atoms with E-state index in [1.54, 1.807) is 11.3 Å². The molecule has 0 spiro atoms. The first kappa shape index (κ1) is 18.2. The van der Waals surface area contributed by atoms with Crippen molar-refractivity contribution in [3.05, 3.63) is 18.2 Å². The van der Waals surface area contributed by atoms with Crippen LogP contribution in [0.3, 0.4) is 0 Å². The number of nitrogens with one attached hydrogen (secondary N) is 1. The molecule has 1 aromatic carbocycles. The van der Waals surface area contributed by atoms with Gasteiger partial charge in [0.05, 0.1) is 29.2 Å². The van der Waals surface area contributed by atoms with Crippen molar-refractivity contribution in [1.29, 1.82) is 0 Å². The second-order valence-corrected chi connectivity index (χ2v) is 8.34. The number of hydrogen-bond acceptors (Lipinski definition) is 6. The number of rotatable bonds is 5. The predicted octanol–water partition coefficient (Wildman–Crippen LogP) is 2.84. The lowest BCUT2D eigenvalue weighted by Crippen LogP contribution is -2.41. The molecule has 1 aliphatic rings. The topological polar surface area (TPSA) is 71.5 Å². The first-order valence-electron chi connectivity index (χ1n) is 8.22. The van der Waals surface area contributed by atoms with Crippen molar-refractivity contribution in [3.8, 4) is 0 Å². The van der Waals surface area contributed by atoms with Gasteiger partial charge in [0.15, 0.2) is 4.34 Å². The Balaban J connectivity index is 1.62. The third-order valence-corrected chi connectivity index (χ3v) is 5.99. The number of morpholine rings is 1. The van der Waals surface area contributed by atoms with Crippen LogP contribution in [0.25, 0.3) is 10.2 Å². The summed E-state index contributed by atoms with van der Waals surface area (Å²) in [4.78, 5) is 30.4. The molecule has 0 bridgehead atoms. The van der Waals surface area contributed by atoms with Crippen LogP contribution in [0.5, 0.6) is 0 Å². The van der Waals surface area contributed by atoms with Crippen molar-refractivity contribution in [2.24, 2.45) is 5.92 Å². The lowest BCUT2D eigenvalue weighted by atomic mass is 10.2. The zero-order chi connectivity index (χ0) is 17.8. The Morgan fingerprint density at radius 1 is 1.36 bits per heavy atom. The molecule has 1 aliphatic heterocycles. The zero-order valence-electron chi connectivity index (χ0n) is 14.3. The van der Waals surface area contributed by atoms with Crippen LogP contribution in [0, 0.1) is 5.92 Å². The number of fused-ring (bicyclic) bond motifs is 1. The van der Waals surface area contributed by atoms with E-state index in [2.05, 4.69) is 10.3 Å². The van der Waals surface area contributed by atoms with Crippen LogP contribution in [0.4, 0.5) is 5.69 Å². The lowest BCUT2D eigenvalue weighted by Gasteiger charge is -2.26. The van der Waals surface area contributed by atoms with Gasteiger partial charge in [0, 0.05) is 24.7 Å². The Kier molecular flexibility index (Phi) is 5.93. The number of carbonyl (C=O) groups excluding carboxylic acids is 2. The number of nitrogens with zero attached hydrogens (tertiary/aromatic N) is 2. The number of anilines is 1. The Hall–Kier alpha value is -1.64. The molecule has 25 heavy (non-hydrogen) atoms. The molecule has 6 nitrogen and oxygen atoms in total. The molecule has 0 radical (unpaired) electrons. The third kappa shape index (κ3) is 4.71. The van der Waals surface area contributed by atoms with Crippen LogP contribution in [0.1, 0.15) is 13.8 Å². The van der Waals surface area contributed by atoms with E-state index in [-0.39, 0.29) is 17.7 Å². The summed E-state index contributed by atoms with van der Waals surface area (Å²) in [6.07, 6.45) is 0. The van der Waals surface area contributed by atoms with Gasteiger partial charge in [0.1, 0.15) is 0 Å². The fourth-order valence-electron chi connectivity index (χ4n) is 2.36. The monoisotopic (exact) mass is 379 g/mol. The number of thioether (sulfide) groups is 1. The van der Waals surface area contributed by atoms with Crippen molar-refractivity contribution in [2.75, 3.05) is 37.4 Å². The zero-order valence-corrected chi connectivity index (χ0v) is 15.9. The van der Waals surface area contributed by atoms with Gasteiger partial charge in [-0.1, -0.05) is 25.6 Å². The molecule has 1 fully saturated rings. The Morgan fingerprint density at radius 2 is 2.12 bits per heavy atom. The maximum atomic E-state index is 12.2. The average Bonchev–Trinajstić information content (AvgIpc) is 3.02. The summed E-state index contributed by atoms with van der Waals surface area (Å²) in [6, 6.07) is 5.69. The van der Waals surface area contributed by atoms with E-state index in [1.807, 2.05) is 36.9 Å². The minimum atomic E-state index is -0.0607. The molecule has 2 heterocycles. The van der Waals surface area contributed by atoms with Gasteiger partial charge in [-0.2, -0.15) is 0 Å². The fraction of sp³-hybridized carbons (Fsp3) is 0.471. The molecule has 1 aromatic heterocycles. The second kappa shape index (κ2) is 8.16. The van der Waals surface area contributed by atoms with Crippen LogP contribution < -0.4 is 5.32 Å². The molecule has 0 atom stereocenters. The van der Waals surface area contributed by atoms with Gasteiger partial charge in [-0.15, -0.1) is 11.3 Å². The standard InChI is InChI=1S/C17H21N3O3S2/c1-11(2)16(22)18-12-3-4-13-14(9-12)25-17(19-13)24-10-15(21)20-5-7-23-8-6-20/h3-4,9,11H,5-8,10H2,1-2H3,(H,18,22). The number of ether oxygens (including phenoxy) is 1. The molecule has 1 saturated heterocycles. The lowest BCUT2D eigenvalue weighted by molar-refractivity contribution is -0.132. The van der Waals surface area contributed by atoms with Crippen molar-refractivity contribution in [2.45, 2.75) is 18.2 Å². The number of hydrogen-bond donors (Lipinski definition) is 1. The average molecular weight is 380 g/mol. The highest BCUT2D eigenvalue weighted by molar-refractivity contribution is 8.01. The minimum absolute atomic E-state index is 0.00503. The summed E-state index contributed by atoms with van der Waals surface area (Å²) in [7, 11) is 0. The summed E-state index contributed by atoms with van der Waals surface area (Å²) in [6.45, 7) is 6.28. The Bertz CT molecular complexity index is 770. The van der Waals surface area contributed by atoms with E-state index >= 15 is 0 Å². The van der Waals surface area contributed by atoms with E-state index in [0.29, 0.717) is 32.1 Å².